The summed E-state index contributed by atoms with van der Waals surface area (Å²) in [7, 11) is 3.23. The predicted octanol–water partition coefficient (Wildman–Crippen LogP) is 0.781. The summed E-state index contributed by atoms with van der Waals surface area (Å²) >= 11 is 0. The summed E-state index contributed by atoms with van der Waals surface area (Å²) in [6.07, 6.45) is 0. The van der Waals surface area contributed by atoms with E-state index >= 15 is 0 Å². The number of nitrogen functional groups attached to an aromatic ring is 1. The lowest BCUT2D eigenvalue weighted by Crippen LogP contribution is -2.47. The van der Waals surface area contributed by atoms with Crippen LogP contribution in [0.2, 0.25) is 0 Å². The number of hydrogen-bond donors (Lipinski definition) is 1. The van der Waals surface area contributed by atoms with Crippen molar-refractivity contribution in [1.29, 1.82) is 0 Å². The van der Waals surface area contributed by atoms with Crippen LogP contribution in [0.4, 0.5) is 10.2 Å². The largest absolute Gasteiger partial charge is 0.384 e. The molecule has 2 N–H and O–H groups in total. The number of halogens is 1. The first-order valence-corrected chi connectivity index (χ1v) is 10.3. The molecule has 0 unspecified atom stereocenters. The molecule has 0 atom stereocenters. The number of amides is 1. The molecule has 0 radical (unpaired) electrons. The first kappa shape index (κ1) is 25.0. The van der Waals surface area contributed by atoms with E-state index in [1.54, 1.807) is 25.9 Å². The topological polar surface area (TPSA) is 111 Å². The molecule has 2 aromatic rings. The van der Waals surface area contributed by atoms with Crippen LogP contribution in [0.15, 0.2) is 33.9 Å². The Kier molecular flexibility index (Phi) is 8.09. The van der Waals surface area contributed by atoms with Crippen LogP contribution in [-0.4, -0.2) is 63.9 Å². The Morgan fingerprint density at radius 2 is 1.66 bits per heavy atom. The summed E-state index contributed by atoms with van der Waals surface area (Å²) in [6.45, 7) is 5.08. The van der Waals surface area contributed by atoms with E-state index in [-0.39, 0.29) is 49.5 Å². The minimum atomic E-state index is -0.766. The van der Waals surface area contributed by atoms with Gasteiger partial charge in [0.05, 0.1) is 19.6 Å². The first-order chi connectivity index (χ1) is 15.0. The Morgan fingerprint density at radius 3 is 2.16 bits per heavy atom. The average Bonchev–Trinajstić information content (AvgIpc) is 2.72. The minimum absolute atomic E-state index is 0.00645. The van der Waals surface area contributed by atoms with E-state index in [0.29, 0.717) is 5.56 Å². The molecule has 174 valence electrons. The van der Waals surface area contributed by atoms with E-state index in [0.717, 1.165) is 9.13 Å². The summed E-state index contributed by atoms with van der Waals surface area (Å²) in [5.41, 5.74) is 5.02. The van der Waals surface area contributed by atoms with Crippen LogP contribution in [0.25, 0.3) is 0 Å². The van der Waals surface area contributed by atoms with Gasteiger partial charge in [-0.25, -0.2) is 9.18 Å². The second kappa shape index (κ2) is 10.4. The monoisotopic (exact) mass is 447 g/mol. The number of anilines is 1. The number of carbonyl (C=O) groups is 2. The molecule has 0 saturated heterocycles. The maximum Gasteiger partial charge on any atom is 0.332 e. The molecule has 9 nitrogen and oxygen atoms in total. The second-order valence-electron chi connectivity index (χ2n) is 8.01. The third kappa shape index (κ3) is 5.50. The highest BCUT2D eigenvalue weighted by molar-refractivity contribution is 6.01. The molecule has 2 rings (SSSR count). The zero-order chi connectivity index (χ0) is 24.2. The molecule has 0 fully saturated rings. The highest BCUT2D eigenvalue weighted by atomic mass is 19.1. The van der Waals surface area contributed by atoms with E-state index in [1.807, 2.05) is 13.8 Å². The van der Waals surface area contributed by atoms with Crippen molar-refractivity contribution in [3.63, 3.8) is 0 Å². The molecule has 0 spiro atoms. The third-order valence-corrected chi connectivity index (χ3v) is 5.23. The van der Waals surface area contributed by atoms with E-state index in [1.165, 1.54) is 29.2 Å². The van der Waals surface area contributed by atoms with Crippen LogP contribution in [0.5, 0.6) is 0 Å². The van der Waals surface area contributed by atoms with Crippen LogP contribution in [-0.2, 0) is 17.9 Å². The van der Waals surface area contributed by atoms with Gasteiger partial charge in [0.2, 0.25) is 5.91 Å². The molecule has 1 amide bonds. The smallest absolute Gasteiger partial charge is 0.332 e. The molecule has 0 saturated carbocycles. The lowest BCUT2D eigenvalue weighted by molar-refractivity contribution is -0.130. The summed E-state index contributed by atoms with van der Waals surface area (Å²) in [5, 5.41) is 0. The number of nitrogens with zero attached hydrogens (tertiary/aromatic N) is 4. The zero-order valence-electron chi connectivity index (χ0n) is 19.1. The van der Waals surface area contributed by atoms with Crippen molar-refractivity contribution in [3.05, 3.63) is 62.0 Å². The maximum atomic E-state index is 13.2. The molecule has 1 aromatic heterocycles. The Hall–Kier alpha value is -3.27. The van der Waals surface area contributed by atoms with Gasteiger partial charge in [0, 0.05) is 26.7 Å². The SMILES string of the molecule is CCn1c(=O)c(C(=O)CN(CC(=O)N(C)C)C(C)C)c(N)n(Cc2ccc(F)cc2)c1=O. The molecule has 10 heteroatoms. The number of nitrogens with two attached hydrogens (primary N) is 1. The molecule has 1 aromatic carbocycles. The van der Waals surface area contributed by atoms with Crippen molar-refractivity contribution in [3.8, 4) is 0 Å². The number of carbonyl (C=O) groups excluding carboxylic acids is 2. The fraction of sp³-hybridized carbons (Fsp3) is 0.455. The van der Waals surface area contributed by atoms with Crippen LogP contribution in [0, 0.1) is 5.82 Å². The van der Waals surface area contributed by atoms with Gasteiger partial charge in [-0.1, -0.05) is 12.1 Å². The molecule has 0 aliphatic heterocycles. The molecule has 0 aliphatic carbocycles. The van der Waals surface area contributed by atoms with Crippen molar-refractivity contribution in [2.24, 2.45) is 0 Å². The van der Waals surface area contributed by atoms with Gasteiger partial charge in [-0.2, -0.15) is 0 Å². The van der Waals surface area contributed by atoms with Crippen molar-refractivity contribution in [1.82, 2.24) is 18.9 Å². The van der Waals surface area contributed by atoms with Gasteiger partial charge in [-0.15, -0.1) is 0 Å². The summed E-state index contributed by atoms with van der Waals surface area (Å²) in [5.74, 6) is -1.44. The van der Waals surface area contributed by atoms with Gasteiger partial charge in [-0.05, 0) is 38.5 Å². The molecule has 32 heavy (non-hydrogen) atoms. The molecular formula is C22H30FN5O4. The van der Waals surface area contributed by atoms with E-state index in [2.05, 4.69) is 0 Å². The Labute approximate surface area is 185 Å². The summed E-state index contributed by atoms with van der Waals surface area (Å²) in [6, 6.07) is 5.35. The number of hydrogen-bond acceptors (Lipinski definition) is 6. The molecule has 1 heterocycles. The lowest BCUT2D eigenvalue weighted by atomic mass is 10.1. The van der Waals surface area contributed by atoms with Crippen molar-refractivity contribution >= 4 is 17.5 Å². The Balaban J connectivity index is 2.50. The van der Waals surface area contributed by atoms with Gasteiger partial charge in [0.1, 0.15) is 17.2 Å². The zero-order valence-corrected chi connectivity index (χ0v) is 19.1. The number of Topliss-reactive ketones (excluding diaryl/α,β-unsaturated/α-hetero) is 1. The molecular weight excluding hydrogens is 417 g/mol. The molecule has 0 bridgehead atoms. The first-order valence-electron chi connectivity index (χ1n) is 10.3. The van der Waals surface area contributed by atoms with Crippen LogP contribution in [0.1, 0.15) is 36.7 Å². The lowest BCUT2D eigenvalue weighted by Gasteiger charge is -2.26. The van der Waals surface area contributed by atoms with Crippen LogP contribution in [0.3, 0.4) is 0 Å². The fourth-order valence-corrected chi connectivity index (χ4v) is 3.18. The van der Waals surface area contributed by atoms with Crippen molar-refractivity contribution < 1.29 is 14.0 Å². The summed E-state index contributed by atoms with van der Waals surface area (Å²) < 4.78 is 15.3. The number of rotatable bonds is 9. The van der Waals surface area contributed by atoms with Gasteiger partial charge < -0.3 is 10.6 Å². The Morgan fingerprint density at radius 1 is 1.06 bits per heavy atom. The van der Waals surface area contributed by atoms with Crippen molar-refractivity contribution in [2.45, 2.75) is 39.9 Å². The highest BCUT2D eigenvalue weighted by Gasteiger charge is 2.26. The standard InChI is InChI=1S/C22H30FN5O4/c1-6-27-21(31)19(17(29)12-26(14(2)3)13-18(30)25(4)5)20(24)28(22(27)32)11-15-7-9-16(23)10-8-15/h7-10,14H,6,11-13,24H2,1-5H3. The van der Waals surface area contributed by atoms with E-state index < -0.39 is 22.8 Å². The normalized spacial score (nSPS) is 11.2. The number of ketones is 1. The van der Waals surface area contributed by atoms with Crippen LogP contribution >= 0.6 is 0 Å². The van der Waals surface area contributed by atoms with Gasteiger partial charge in [0.25, 0.3) is 5.56 Å². The number of likely N-dealkylation sites (N-methyl/N-ethyl adjacent to an activating group) is 1. The minimum Gasteiger partial charge on any atom is -0.384 e. The number of aromatic nitrogens is 2. The third-order valence-electron chi connectivity index (χ3n) is 5.23. The second-order valence-corrected chi connectivity index (χ2v) is 8.01. The van der Waals surface area contributed by atoms with Crippen molar-refractivity contribution in [2.75, 3.05) is 32.9 Å². The quantitative estimate of drug-likeness (QED) is 0.569. The molecule has 0 aliphatic rings. The van der Waals surface area contributed by atoms with Gasteiger partial charge in [-0.3, -0.25) is 28.4 Å². The van der Waals surface area contributed by atoms with Gasteiger partial charge in [0.15, 0.2) is 5.78 Å². The fourth-order valence-electron chi connectivity index (χ4n) is 3.18. The summed E-state index contributed by atoms with van der Waals surface area (Å²) in [4.78, 5) is 54.1. The predicted molar refractivity (Wildman–Crippen MR) is 120 cm³/mol. The Bertz CT molecular complexity index is 1100. The van der Waals surface area contributed by atoms with E-state index in [9.17, 15) is 23.6 Å². The highest BCUT2D eigenvalue weighted by Crippen LogP contribution is 2.12. The number of benzene rings is 1. The average molecular weight is 448 g/mol. The maximum absolute atomic E-state index is 13.2. The van der Waals surface area contributed by atoms with E-state index in [4.69, 9.17) is 5.73 Å². The van der Waals surface area contributed by atoms with Gasteiger partial charge >= 0.3 is 5.69 Å². The van der Waals surface area contributed by atoms with Crippen LogP contribution < -0.4 is 17.0 Å².